The van der Waals surface area contributed by atoms with Gasteiger partial charge in [-0.1, -0.05) is 0 Å². The van der Waals surface area contributed by atoms with Gasteiger partial charge in [0.2, 0.25) is 0 Å². The molecule has 2 aromatic rings. The Morgan fingerprint density at radius 1 is 1.37 bits per heavy atom. The van der Waals surface area contributed by atoms with Gasteiger partial charge in [0.1, 0.15) is 17.0 Å². The number of nitrogens with zero attached hydrogens (tertiary/aromatic N) is 4. The molecule has 7 nitrogen and oxygen atoms in total. The van der Waals surface area contributed by atoms with E-state index in [0.717, 1.165) is 6.26 Å². The monoisotopic (exact) mass is 281 g/mol. The third-order valence-electron chi connectivity index (χ3n) is 2.46. The van der Waals surface area contributed by atoms with Crippen LogP contribution < -0.4 is 5.32 Å². The number of hydrogen-bond donors (Lipinski definition) is 1. The summed E-state index contributed by atoms with van der Waals surface area (Å²) in [4.78, 5) is 8.33. The fourth-order valence-electron chi connectivity index (χ4n) is 1.61. The Kier molecular flexibility index (Phi) is 3.79. The number of aryl methyl sites for hydroxylation is 1. The minimum atomic E-state index is -3.28. The van der Waals surface area contributed by atoms with E-state index in [-0.39, 0.29) is 4.90 Å². The number of rotatable bonds is 5. The zero-order chi connectivity index (χ0) is 13.9. The SMILES string of the molecule is Cn1cnc(CCNc2ncccc2S(C)(=O)=O)n1. The molecule has 0 saturated heterocycles. The van der Waals surface area contributed by atoms with Crippen molar-refractivity contribution in [3.63, 3.8) is 0 Å². The Labute approximate surface area is 111 Å². The largest absolute Gasteiger partial charge is 0.369 e. The minimum absolute atomic E-state index is 0.198. The van der Waals surface area contributed by atoms with Crippen LogP contribution in [0.15, 0.2) is 29.6 Å². The highest BCUT2D eigenvalue weighted by Gasteiger charge is 2.13. The van der Waals surface area contributed by atoms with Crippen molar-refractivity contribution in [2.75, 3.05) is 18.1 Å². The number of aromatic nitrogens is 4. The van der Waals surface area contributed by atoms with Gasteiger partial charge in [-0.25, -0.2) is 18.4 Å². The molecule has 102 valence electrons. The standard InChI is InChI=1S/C11H15N5O2S/c1-16-8-14-10(15-16)5-7-13-11-9(19(2,17)18)4-3-6-12-11/h3-4,6,8H,5,7H2,1-2H3,(H,12,13). The average molecular weight is 281 g/mol. The lowest BCUT2D eigenvalue weighted by Crippen LogP contribution is -2.11. The lowest BCUT2D eigenvalue weighted by Gasteiger charge is -2.08. The molecule has 19 heavy (non-hydrogen) atoms. The van der Waals surface area contributed by atoms with Crippen LogP contribution in [0.1, 0.15) is 5.82 Å². The van der Waals surface area contributed by atoms with Crippen molar-refractivity contribution >= 4 is 15.7 Å². The van der Waals surface area contributed by atoms with Gasteiger partial charge in [0.05, 0.1) is 0 Å². The first kappa shape index (κ1) is 13.5. The van der Waals surface area contributed by atoms with Crippen molar-refractivity contribution in [3.8, 4) is 0 Å². The molecule has 0 amide bonds. The summed E-state index contributed by atoms with van der Waals surface area (Å²) in [5.41, 5.74) is 0. The van der Waals surface area contributed by atoms with Crippen LogP contribution in [0.4, 0.5) is 5.82 Å². The van der Waals surface area contributed by atoms with Crippen molar-refractivity contribution in [2.45, 2.75) is 11.3 Å². The molecule has 0 unspecified atom stereocenters. The second kappa shape index (κ2) is 5.35. The van der Waals surface area contributed by atoms with Crippen LogP contribution in [-0.2, 0) is 23.3 Å². The minimum Gasteiger partial charge on any atom is -0.369 e. The number of hydrogen-bond acceptors (Lipinski definition) is 6. The maximum Gasteiger partial charge on any atom is 0.179 e. The van der Waals surface area contributed by atoms with E-state index in [0.29, 0.717) is 24.6 Å². The van der Waals surface area contributed by atoms with Gasteiger partial charge in [0, 0.05) is 32.5 Å². The van der Waals surface area contributed by atoms with E-state index in [1.807, 2.05) is 0 Å². The highest BCUT2D eigenvalue weighted by atomic mass is 32.2. The van der Waals surface area contributed by atoms with Gasteiger partial charge in [-0.05, 0) is 12.1 Å². The van der Waals surface area contributed by atoms with Crippen LogP contribution in [0.3, 0.4) is 0 Å². The van der Waals surface area contributed by atoms with Gasteiger partial charge >= 0.3 is 0 Å². The molecule has 0 bridgehead atoms. The summed E-state index contributed by atoms with van der Waals surface area (Å²) >= 11 is 0. The van der Waals surface area contributed by atoms with Crippen LogP contribution in [-0.4, -0.2) is 41.0 Å². The van der Waals surface area contributed by atoms with Gasteiger partial charge in [-0.2, -0.15) is 5.10 Å². The van der Waals surface area contributed by atoms with Gasteiger partial charge < -0.3 is 5.32 Å². The zero-order valence-corrected chi connectivity index (χ0v) is 11.6. The molecule has 2 rings (SSSR count). The summed E-state index contributed by atoms with van der Waals surface area (Å²) in [5.74, 6) is 1.06. The van der Waals surface area contributed by atoms with E-state index in [1.165, 1.54) is 6.07 Å². The molecule has 0 fully saturated rings. The van der Waals surface area contributed by atoms with Crippen LogP contribution in [0, 0.1) is 0 Å². The Bertz CT molecular complexity index is 665. The highest BCUT2D eigenvalue weighted by Crippen LogP contribution is 2.17. The van der Waals surface area contributed by atoms with Gasteiger partial charge in [-0.3, -0.25) is 4.68 Å². The molecule has 0 spiro atoms. The predicted octanol–water partition coefficient (Wildman–Crippen LogP) is 0.268. The first-order valence-electron chi connectivity index (χ1n) is 5.70. The number of pyridine rings is 1. The van der Waals surface area contributed by atoms with Crippen molar-refractivity contribution < 1.29 is 8.42 Å². The molecule has 0 aliphatic carbocycles. The fourth-order valence-corrected chi connectivity index (χ4v) is 2.42. The maximum absolute atomic E-state index is 11.6. The summed E-state index contributed by atoms with van der Waals surface area (Å²) in [6.07, 6.45) is 4.93. The number of sulfone groups is 1. The van der Waals surface area contributed by atoms with E-state index >= 15 is 0 Å². The third-order valence-corrected chi connectivity index (χ3v) is 3.59. The van der Waals surface area contributed by atoms with E-state index in [1.54, 1.807) is 30.3 Å². The predicted molar refractivity (Wildman–Crippen MR) is 70.5 cm³/mol. The van der Waals surface area contributed by atoms with Crippen LogP contribution >= 0.6 is 0 Å². The zero-order valence-electron chi connectivity index (χ0n) is 10.7. The summed E-state index contributed by atoms with van der Waals surface area (Å²) in [7, 11) is -1.49. The first-order valence-corrected chi connectivity index (χ1v) is 7.59. The second-order valence-corrected chi connectivity index (χ2v) is 6.12. The highest BCUT2D eigenvalue weighted by molar-refractivity contribution is 7.90. The molecule has 0 aliphatic heterocycles. The molecule has 1 N–H and O–H groups in total. The summed E-state index contributed by atoms with van der Waals surface area (Å²) in [6, 6.07) is 3.13. The summed E-state index contributed by atoms with van der Waals surface area (Å²) in [6.45, 7) is 0.517. The Hall–Kier alpha value is -1.96. The molecule has 8 heteroatoms. The van der Waals surface area contributed by atoms with Crippen molar-refractivity contribution in [1.29, 1.82) is 0 Å². The van der Waals surface area contributed by atoms with Crippen molar-refractivity contribution in [3.05, 3.63) is 30.5 Å². The molecular weight excluding hydrogens is 266 g/mol. The van der Waals surface area contributed by atoms with E-state index in [4.69, 9.17) is 0 Å². The quantitative estimate of drug-likeness (QED) is 0.846. The first-order chi connectivity index (χ1) is 8.97. The molecule has 0 atom stereocenters. The topological polar surface area (TPSA) is 89.8 Å². The lowest BCUT2D eigenvalue weighted by atomic mass is 10.4. The average Bonchev–Trinajstić information content (AvgIpc) is 2.74. The Morgan fingerprint density at radius 2 is 2.16 bits per heavy atom. The molecule has 0 radical (unpaired) electrons. The number of anilines is 1. The molecule has 0 aromatic carbocycles. The van der Waals surface area contributed by atoms with Crippen LogP contribution in [0.5, 0.6) is 0 Å². The second-order valence-electron chi connectivity index (χ2n) is 4.13. The van der Waals surface area contributed by atoms with Crippen molar-refractivity contribution in [2.24, 2.45) is 7.05 Å². The molecule has 2 aromatic heterocycles. The van der Waals surface area contributed by atoms with Crippen LogP contribution in [0.25, 0.3) is 0 Å². The van der Waals surface area contributed by atoms with E-state index < -0.39 is 9.84 Å². The molecule has 2 heterocycles. The summed E-state index contributed by atoms with van der Waals surface area (Å²) < 4.78 is 24.8. The Balaban J connectivity index is 2.04. The lowest BCUT2D eigenvalue weighted by molar-refractivity contribution is 0.601. The fraction of sp³-hybridized carbons (Fsp3) is 0.364. The molecule has 0 saturated carbocycles. The normalized spacial score (nSPS) is 11.5. The third kappa shape index (κ3) is 3.50. The van der Waals surface area contributed by atoms with Crippen LogP contribution in [0.2, 0.25) is 0 Å². The van der Waals surface area contributed by atoms with Gasteiger partial charge in [0.25, 0.3) is 0 Å². The van der Waals surface area contributed by atoms with Gasteiger partial charge in [-0.15, -0.1) is 0 Å². The molecular formula is C11H15N5O2S. The smallest absolute Gasteiger partial charge is 0.179 e. The van der Waals surface area contributed by atoms with E-state index in [9.17, 15) is 8.42 Å². The van der Waals surface area contributed by atoms with Gasteiger partial charge in [0.15, 0.2) is 15.7 Å². The summed E-state index contributed by atoms with van der Waals surface area (Å²) in [5, 5.41) is 7.14. The van der Waals surface area contributed by atoms with Crippen molar-refractivity contribution in [1.82, 2.24) is 19.7 Å². The Morgan fingerprint density at radius 3 is 2.79 bits per heavy atom. The number of nitrogens with one attached hydrogen (secondary N) is 1. The maximum atomic E-state index is 11.6. The molecule has 0 aliphatic rings. The van der Waals surface area contributed by atoms with E-state index in [2.05, 4.69) is 20.4 Å².